The Morgan fingerprint density at radius 2 is 1.66 bits per heavy atom. The Bertz CT molecular complexity index is 1590. The Morgan fingerprint density at radius 1 is 0.914 bits per heavy atom. The third-order valence-electron chi connectivity index (χ3n) is 5.30. The van der Waals surface area contributed by atoms with Crippen molar-refractivity contribution in [2.75, 3.05) is 18.5 Å². The van der Waals surface area contributed by atoms with Crippen LogP contribution in [0.5, 0.6) is 11.5 Å². The van der Waals surface area contributed by atoms with Gasteiger partial charge in [-0.05, 0) is 43.3 Å². The molecule has 0 atom stereocenters. The van der Waals surface area contributed by atoms with Crippen molar-refractivity contribution < 1.29 is 27.1 Å². The van der Waals surface area contributed by atoms with E-state index in [1.54, 1.807) is 60.7 Å². The second kappa shape index (κ2) is 9.15. The molecule has 0 fully saturated rings. The highest BCUT2D eigenvalue weighted by molar-refractivity contribution is 7.89. The number of benzene rings is 3. The van der Waals surface area contributed by atoms with Crippen LogP contribution in [0.2, 0.25) is 0 Å². The first-order valence-corrected chi connectivity index (χ1v) is 12.2. The van der Waals surface area contributed by atoms with Crippen LogP contribution in [-0.2, 0) is 10.0 Å². The van der Waals surface area contributed by atoms with Gasteiger partial charge in [-0.2, -0.15) is 13.2 Å². The summed E-state index contributed by atoms with van der Waals surface area (Å²) in [7, 11) is -3.98. The van der Waals surface area contributed by atoms with Gasteiger partial charge < -0.3 is 19.2 Å². The lowest BCUT2D eigenvalue weighted by Crippen LogP contribution is -2.27. The van der Waals surface area contributed by atoms with Gasteiger partial charge in [-0.3, -0.25) is 4.79 Å². The number of rotatable bonds is 5. The number of anilines is 1. The minimum atomic E-state index is -3.98. The van der Waals surface area contributed by atoms with E-state index < -0.39 is 15.9 Å². The van der Waals surface area contributed by atoms with E-state index in [0.29, 0.717) is 41.4 Å². The van der Waals surface area contributed by atoms with Crippen LogP contribution in [0, 0.1) is 6.92 Å². The standard InChI is InChI=1S/C25H21N3O6S/c1-16-6-9-19(10-7-16)35(30,31)28-27-25-20(14-17-4-2-3-5-21(17)34-25)24(29)26-18-8-11-22-23(15-18)33-13-12-32-22/h2-11,14-15,28H,12-13H2,1H3,(H,26,29). The molecule has 0 saturated heterocycles. The average molecular weight is 492 g/mol. The van der Waals surface area contributed by atoms with Crippen LogP contribution in [0.3, 0.4) is 0 Å². The number of hydrogen-bond donors (Lipinski definition) is 2. The van der Waals surface area contributed by atoms with Gasteiger partial charge in [0.1, 0.15) is 24.4 Å². The van der Waals surface area contributed by atoms with Crippen molar-refractivity contribution in [2.45, 2.75) is 11.8 Å². The molecule has 0 spiro atoms. The van der Waals surface area contributed by atoms with Crippen molar-refractivity contribution in [1.82, 2.24) is 4.83 Å². The minimum absolute atomic E-state index is 0.0370. The van der Waals surface area contributed by atoms with Gasteiger partial charge in [0, 0.05) is 17.1 Å². The summed E-state index contributed by atoms with van der Waals surface area (Å²) in [6.45, 7) is 2.73. The number of fused-ring (bicyclic) bond motifs is 2. The van der Waals surface area contributed by atoms with Gasteiger partial charge >= 0.3 is 0 Å². The largest absolute Gasteiger partial charge is 0.486 e. The zero-order valence-corrected chi connectivity index (χ0v) is 19.5. The molecule has 9 nitrogen and oxygen atoms in total. The summed E-state index contributed by atoms with van der Waals surface area (Å²) in [6.07, 6.45) is 0. The van der Waals surface area contributed by atoms with Gasteiger partial charge in [-0.1, -0.05) is 35.9 Å². The van der Waals surface area contributed by atoms with E-state index in [4.69, 9.17) is 13.9 Å². The molecular weight excluding hydrogens is 470 g/mol. The SMILES string of the molecule is Cc1ccc(S(=O)(=O)NN=c2oc3ccccc3cc2C(=O)Nc2ccc3c(c2)OCCO3)cc1. The van der Waals surface area contributed by atoms with Crippen molar-refractivity contribution in [1.29, 1.82) is 0 Å². The summed E-state index contributed by atoms with van der Waals surface area (Å²) in [5, 5.41) is 7.38. The number of nitrogens with zero attached hydrogens (tertiary/aromatic N) is 1. The van der Waals surface area contributed by atoms with E-state index in [0.717, 1.165) is 5.56 Å². The lowest BCUT2D eigenvalue weighted by Gasteiger charge is -2.19. The second-order valence-corrected chi connectivity index (χ2v) is 9.50. The van der Waals surface area contributed by atoms with Gasteiger partial charge in [-0.25, -0.2) is 0 Å². The molecule has 10 heteroatoms. The summed E-state index contributed by atoms with van der Waals surface area (Å²) in [5.41, 5.74) is 1.69. The van der Waals surface area contributed by atoms with Crippen molar-refractivity contribution in [3.8, 4) is 11.5 Å². The van der Waals surface area contributed by atoms with E-state index in [-0.39, 0.29) is 16.0 Å². The van der Waals surface area contributed by atoms with E-state index in [9.17, 15) is 13.2 Å². The van der Waals surface area contributed by atoms with Gasteiger partial charge in [-0.15, -0.1) is 5.10 Å². The Hall–Kier alpha value is -4.31. The number of aryl methyl sites for hydroxylation is 1. The predicted octanol–water partition coefficient (Wildman–Crippen LogP) is 3.56. The highest BCUT2D eigenvalue weighted by atomic mass is 32.2. The zero-order chi connectivity index (χ0) is 24.4. The van der Waals surface area contributed by atoms with Crippen molar-refractivity contribution >= 4 is 32.6 Å². The molecule has 4 aromatic rings. The Balaban J connectivity index is 1.51. The van der Waals surface area contributed by atoms with E-state index in [1.165, 1.54) is 12.1 Å². The fourth-order valence-corrected chi connectivity index (χ4v) is 4.31. The first kappa shape index (κ1) is 22.5. The summed E-state index contributed by atoms with van der Waals surface area (Å²) in [4.78, 5) is 15.4. The van der Waals surface area contributed by atoms with Crippen LogP contribution in [-0.4, -0.2) is 27.5 Å². The number of amides is 1. The lowest BCUT2D eigenvalue weighted by molar-refractivity contribution is 0.102. The monoisotopic (exact) mass is 491 g/mol. The van der Waals surface area contributed by atoms with Crippen LogP contribution < -0.4 is 25.2 Å². The maximum atomic E-state index is 13.2. The number of nitrogens with one attached hydrogen (secondary N) is 2. The number of para-hydroxylation sites is 1. The zero-order valence-electron chi connectivity index (χ0n) is 18.6. The molecule has 1 aromatic heterocycles. The van der Waals surface area contributed by atoms with Crippen LogP contribution >= 0.6 is 0 Å². The molecule has 1 aliphatic heterocycles. The molecule has 0 bridgehead atoms. The fraction of sp³-hybridized carbons (Fsp3) is 0.120. The number of ether oxygens (including phenoxy) is 2. The molecule has 2 heterocycles. The number of carbonyl (C=O) groups excluding carboxylic acids is 1. The molecule has 5 rings (SSSR count). The summed E-state index contributed by atoms with van der Waals surface area (Å²) >= 11 is 0. The minimum Gasteiger partial charge on any atom is -0.486 e. The Kier molecular flexibility index (Phi) is 5.87. The van der Waals surface area contributed by atoms with Gasteiger partial charge in [0.2, 0.25) is 5.55 Å². The molecule has 178 valence electrons. The second-order valence-electron chi connectivity index (χ2n) is 7.84. The van der Waals surface area contributed by atoms with Gasteiger partial charge in [0.15, 0.2) is 11.5 Å². The third kappa shape index (κ3) is 4.82. The smallest absolute Gasteiger partial charge is 0.276 e. The highest BCUT2D eigenvalue weighted by Gasteiger charge is 2.18. The number of sulfonamides is 1. The Labute approximate surface area is 201 Å². The molecule has 0 saturated carbocycles. The first-order chi connectivity index (χ1) is 16.9. The quantitative estimate of drug-likeness (QED) is 0.412. The summed E-state index contributed by atoms with van der Waals surface area (Å²) in [5.74, 6) is 0.577. The molecule has 1 amide bonds. The average Bonchev–Trinajstić information content (AvgIpc) is 2.87. The lowest BCUT2D eigenvalue weighted by atomic mass is 10.1. The third-order valence-corrected chi connectivity index (χ3v) is 6.52. The van der Waals surface area contributed by atoms with Crippen LogP contribution in [0.25, 0.3) is 11.0 Å². The summed E-state index contributed by atoms with van der Waals surface area (Å²) in [6, 6.07) is 20.0. The van der Waals surface area contributed by atoms with E-state index >= 15 is 0 Å². The van der Waals surface area contributed by atoms with Crippen molar-refractivity contribution in [3.05, 3.63) is 89.5 Å². The van der Waals surface area contributed by atoms with Gasteiger partial charge in [0.25, 0.3) is 15.9 Å². The van der Waals surface area contributed by atoms with E-state index in [2.05, 4.69) is 15.2 Å². The molecule has 35 heavy (non-hydrogen) atoms. The van der Waals surface area contributed by atoms with Gasteiger partial charge in [0.05, 0.1) is 4.90 Å². The molecule has 1 aliphatic rings. The highest BCUT2D eigenvalue weighted by Crippen LogP contribution is 2.32. The summed E-state index contributed by atoms with van der Waals surface area (Å²) < 4.78 is 42.3. The molecule has 0 radical (unpaired) electrons. The maximum Gasteiger partial charge on any atom is 0.276 e. The molecule has 3 aromatic carbocycles. The maximum absolute atomic E-state index is 13.2. The topological polar surface area (TPSA) is 119 Å². The van der Waals surface area contributed by atoms with Crippen LogP contribution in [0.15, 0.2) is 87.2 Å². The Morgan fingerprint density at radius 3 is 2.46 bits per heavy atom. The van der Waals surface area contributed by atoms with Crippen LogP contribution in [0.1, 0.15) is 15.9 Å². The molecular formula is C25H21N3O6S. The number of hydrogen-bond acceptors (Lipinski definition) is 7. The predicted molar refractivity (Wildman–Crippen MR) is 129 cm³/mol. The van der Waals surface area contributed by atoms with Crippen molar-refractivity contribution in [2.24, 2.45) is 5.10 Å². The van der Waals surface area contributed by atoms with Crippen molar-refractivity contribution in [3.63, 3.8) is 0 Å². The molecule has 0 unspecified atom stereocenters. The number of carbonyl (C=O) groups is 1. The first-order valence-electron chi connectivity index (χ1n) is 10.8. The van der Waals surface area contributed by atoms with E-state index in [1.807, 2.05) is 6.92 Å². The fourth-order valence-electron chi connectivity index (χ4n) is 3.51. The molecule has 0 aliphatic carbocycles. The normalized spacial score (nSPS) is 13.5. The molecule has 2 N–H and O–H groups in total. The van der Waals surface area contributed by atoms with Crippen LogP contribution in [0.4, 0.5) is 5.69 Å².